The first-order chi connectivity index (χ1) is 15.4. The van der Waals surface area contributed by atoms with Crippen LogP contribution in [0, 0.1) is 13.8 Å². The van der Waals surface area contributed by atoms with E-state index >= 15 is 0 Å². The third-order valence-corrected chi connectivity index (χ3v) is 6.62. The number of likely N-dealkylation sites (N-methyl/N-ethyl adjacent to an activating group) is 1. The molecule has 2 aromatic rings. The SMILES string of the molecule is Cc1cccc(NC(=O)C(=O)NCC(c2ccc3c(c2)CCN3C)N2CCOCC2)c1C. The highest BCUT2D eigenvalue weighted by Gasteiger charge is 2.26. The van der Waals surface area contributed by atoms with Crippen LogP contribution in [-0.4, -0.2) is 63.2 Å². The molecule has 0 spiro atoms. The summed E-state index contributed by atoms with van der Waals surface area (Å²) >= 11 is 0. The van der Waals surface area contributed by atoms with Crippen molar-refractivity contribution in [1.29, 1.82) is 0 Å². The number of benzene rings is 2. The number of amides is 2. The largest absolute Gasteiger partial charge is 0.379 e. The van der Waals surface area contributed by atoms with E-state index in [0.29, 0.717) is 25.4 Å². The fourth-order valence-electron chi connectivity index (χ4n) is 4.48. The van der Waals surface area contributed by atoms with Crippen molar-refractivity contribution < 1.29 is 14.3 Å². The number of fused-ring (bicyclic) bond motifs is 1. The molecule has 0 saturated carbocycles. The molecule has 0 aromatic heterocycles. The van der Waals surface area contributed by atoms with Crippen molar-refractivity contribution in [1.82, 2.24) is 10.2 Å². The minimum atomic E-state index is -0.644. The zero-order valence-corrected chi connectivity index (χ0v) is 19.1. The van der Waals surface area contributed by atoms with Crippen LogP contribution in [0.2, 0.25) is 0 Å². The molecule has 1 saturated heterocycles. The fourth-order valence-corrected chi connectivity index (χ4v) is 4.48. The maximum atomic E-state index is 12.6. The van der Waals surface area contributed by atoms with E-state index in [-0.39, 0.29) is 6.04 Å². The van der Waals surface area contributed by atoms with Crippen LogP contribution in [0.4, 0.5) is 11.4 Å². The molecule has 1 atom stereocenters. The second-order valence-electron chi connectivity index (χ2n) is 8.64. The van der Waals surface area contributed by atoms with Gasteiger partial charge in [-0.2, -0.15) is 0 Å². The lowest BCUT2D eigenvalue weighted by atomic mass is 10.0. The number of aryl methyl sites for hydroxylation is 1. The van der Waals surface area contributed by atoms with E-state index < -0.39 is 11.8 Å². The Balaban J connectivity index is 1.46. The Labute approximate surface area is 189 Å². The van der Waals surface area contributed by atoms with E-state index in [1.165, 1.54) is 11.3 Å². The second-order valence-corrected chi connectivity index (χ2v) is 8.64. The summed E-state index contributed by atoms with van der Waals surface area (Å²) in [5.74, 6) is -1.26. The quantitative estimate of drug-likeness (QED) is 0.705. The zero-order chi connectivity index (χ0) is 22.7. The summed E-state index contributed by atoms with van der Waals surface area (Å²) in [6, 6.07) is 12.2. The van der Waals surface area contributed by atoms with Gasteiger partial charge in [0.25, 0.3) is 0 Å². The van der Waals surface area contributed by atoms with Crippen molar-refractivity contribution in [3.8, 4) is 0 Å². The molecule has 0 aliphatic carbocycles. The van der Waals surface area contributed by atoms with Gasteiger partial charge in [0.2, 0.25) is 0 Å². The summed E-state index contributed by atoms with van der Waals surface area (Å²) in [5.41, 5.74) is 6.46. The Morgan fingerprint density at radius 2 is 1.84 bits per heavy atom. The van der Waals surface area contributed by atoms with Gasteiger partial charge in [0.15, 0.2) is 0 Å². The van der Waals surface area contributed by atoms with E-state index in [1.807, 2.05) is 32.0 Å². The maximum Gasteiger partial charge on any atom is 0.313 e. The molecular weight excluding hydrogens is 404 g/mol. The maximum absolute atomic E-state index is 12.6. The van der Waals surface area contributed by atoms with Gasteiger partial charge >= 0.3 is 11.8 Å². The highest BCUT2D eigenvalue weighted by Crippen LogP contribution is 2.31. The van der Waals surface area contributed by atoms with Gasteiger partial charge in [-0.1, -0.05) is 24.3 Å². The molecule has 1 unspecified atom stereocenters. The first-order valence-corrected chi connectivity index (χ1v) is 11.2. The van der Waals surface area contributed by atoms with Gasteiger partial charge in [0.1, 0.15) is 0 Å². The second kappa shape index (κ2) is 9.71. The molecule has 2 aliphatic rings. The average Bonchev–Trinajstić information content (AvgIpc) is 3.17. The van der Waals surface area contributed by atoms with Crippen LogP contribution in [0.1, 0.15) is 28.3 Å². The fraction of sp³-hybridized carbons (Fsp3) is 0.440. The van der Waals surface area contributed by atoms with Gasteiger partial charge in [-0.05, 0) is 54.7 Å². The normalized spacial score (nSPS) is 17.0. The van der Waals surface area contributed by atoms with Gasteiger partial charge in [-0.3, -0.25) is 14.5 Å². The van der Waals surface area contributed by atoms with Crippen molar-refractivity contribution in [2.24, 2.45) is 0 Å². The number of carbonyl (C=O) groups excluding carboxylic acids is 2. The first-order valence-electron chi connectivity index (χ1n) is 11.2. The molecule has 2 N–H and O–H groups in total. The minimum Gasteiger partial charge on any atom is -0.379 e. The molecular formula is C25H32N4O3. The van der Waals surface area contributed by atoms with Crippen LogP contribution in [0.15, 0.2) is 36.4 Å². The van der Waals surface area contributed by atoms with Gasteiger partial charge in [0, 0.05) is 44.6 Å². The molecule has 4 rings (SSSR count). The van der Waals surface area contributed by atoms with E-state index in [4.69, 9.17) is 4.74 Å². The number of anilines is 2. The molecule has 7 nitrogen and oxygen atoms in total. The Hall–Kier alpha value is -2.90. The van der Waals surface area contributed by atoms with E-state index in [0.717, 1.165) is 42.7 Å². The molecule has 2 aliphatic heterocycles. The van der Waals surface area contributed by atoms with Gasteiger partial charge in [-0.25, -0.2) is 0 Å². The summed E-state index contributed by atoms with van der Waals surface area (Å²) in [5, 5.41) is 5.61. The van der Waals surface area contributed by atoms with Crippen molar-refractivity contribution in [3.63, 3.8) is 0 Å². The van der Waals surface area contributed by atoms with E-state index in [9.17, 15) is 9.59 Å². The Bertz CT molecular complexity index is 1000. The number of nitrogens with one attached hydrogen (secondary N) is 2. The molecule has 0 radical (unpaired) electrons. The highest BCUT2D eigenvalue weighted by atomic mass is 16.5. The summed E-state index contributed by atoms with van der Waals surface area (Å²) in [6.45, 7) is 8.24. The van der Waals surface area contributed by atoms with Crippen LogP contribution in [0.5, 0.6) is 0 Å². The third kappa shape index (κ3) is 4.79. The van der Waals surface area contributed by atoms with Crippen LogP contribution in [0.25, 0.3) is 0 Å². The summed E-state index contributed by atoms with van der Waals surface area (Å²) in [6.07, 6.45) is 1.03. The predicted octanol–water partition coefficient (Wildman–Crippen LogP) is 2.42. The Morgan fingerprint density at radius 3 is 2.62 bits per heavy atom. The molecule has 0 bridgehead atoms. The smallest absolute Gasteiger partial charge is 0.313 e. The van der Waals surface area contributed by atoms with Crippen molar-refractivity contribution in [2.75, 3.05) is 56.7 Å². The molecule has 1 fully saturated rings. The number of rotatable bonds is 5. The highest BCUT2D eigenvalue weighted by molar-refractivity contribution is 6.39. The molecule has 2 aromatic carbocycles. The number of hydrogen-bond acceptors (Lipinski definition) is 5. The molecule has 2 amide bonds. The lowest BCUT2D eigenvalue weighted by molar-refractivity contribution is -0.136. The Morgan fingerprint density at radius 1 is 1.06 bits per heavy atom. The topological polar surface area (TPSA) is 73.9 Å². The summed E-state index contributed by atoms with van der Waals surface area (Å²) in [7, 11) is 2.11. The monoisotopic (exact) mass is 436 g/mol. The number of nitrogens with zero attached hydrogens (tertiary/aromatic N) is 2. The third-order valence-electron chi connectivity index (χ3n) is 6.62. The molecule has 32 heavy (non-hydrogen) atoms. The van der Waals surface area contributed by atoms with Crippen molar-refractivity contribution >= 4 is 23.2 Å². The summed E-state index contributed by atoms with van der Waals surface area (Å²) < 4.78 is 5.53. The van der Waals surface area contributed by atoms with Gasteiger partial charge in [0.05, 0.1) is 19.3 Å². The van der Waals surface area contributed by atoms with Crippen LogP contribution >= 0.6 is 0 Å². The minimum absolute atomic E-state index is 0.00689. The van der Waals surface area contributed by atoms with Crippen molar-refractivity contribution in [2.45, 2.75) is 26.3 Å². The van der Waals surface area contributed by atoms with Gasteiger partial charge in [-0.15, -0.1) is 0 Å². The molecule has 170 valence electrons. The molecule has 2 heterocycles. The lowest BCUT2D eigenvalue weighted by Gasteiger charge is -2.35. The molecule has 7 heteroatoms. The van der Waals surface area contributed by atoms with Crippen LogP contribution < -0.4 is 15.5 Å². The average molecular weight is 437 g/mol. The predicted molar refractivity (Wildman–Crippen MR) is 126 cm³/mol. The number of morpholine rings is 1. The Kier molecular flexibility index (Phi) is 6.77. The van der Waals surface area contributed by atoms with Crippen molar-refractivity contribution in [3.05, 3.63) is 58.7 Å². The number of hydrogen-bond donors (Lipinski definition) is 2. The standard InChI is InChI=1S/C25H32N4O3/c1-17-5-4-6-21(18(17)2)27-25(31)24(30)26-16-23(29-11-13-32-14-12-29)19-7-8-22-20(15-19)9-10-28(22)3/h4-8,15,23H,9-14,16H2,1-3H3,(H,26,30)(H,27,31). The van der Waals surface area contributed by atoms with Crippen LogP contribution in [0.3, 0.4) is 0 Å². The van der Waals surface area contributed by atoms with E-state index in [1.54, 1.807) is 0 Å². The number of ether oxygens (including phenoxy) is 1. The first kappa shape index (κ1) is 22.3. The zero-order valence-electron chi connectivity index (χ0n) is 19.1. The van der Waals surface area contributed by atoms with Crippen LogP contribution in [-0.2, 0) is 20.7 Å². The number of carbonyl (C=O) groups is 2. The lowest BCUT2D eigenvalue weighted by Crippen LogP contribution is -2.45. The van der Waals surface area contributed by atoms with E-state index in [2.05, 4.69) is 45.7 Å². The summed E-state index contributed by atoms with van der Waals surface area (Å²) in [4.78, 5) is 29.7. The van der Waals surface area contributed by atoms with Gasteiger partial charge < -0.3 is 20.3 Å².